The van der Waals surface area contributed by atoms with Crippen molar-refractivity contribution in [1.29, 1.82) is 0 Å². The molecule has 1 aliphatic rings. The Hall–Kier alpha value is -1.46. The molecular weight excluding hydrogens is 280 g/mol. The molecule has 0 bridgehead atoms. The summed E-state index contributed by atoms with van der Waals surface area (Å²) < 4.78 is 11.5. The number of ether oxygens (including phenoxy) is 2. The van der Waals surface area contributed by atoms with Gasteiger partial charge in [0.25, 0.3) is 0 Å². The van der Waals surface area contributed by atoms with E-state index in [4.69, 9.17) is 9.47 Å². The summed E-state index contributed by atoms with van der Waals surface area (Å²) in [5, 5.41) is 2.87. The maximum atomic E-state index is 11.9. The third kappa shape index (κ3) is 4.02. The minimum atomic E-state index is -0.115. The van der Waals surface area contributed by atoms with Gasteiger partial charge in [-0.1, -0.05) is 12.1 Å². The Morgan fingerprint density at radius 3 is 2.75 bits per heavy atom. The Labute approximate surface area is 125 Å². The van der Waals surface area contributed by atoms with Gasteiger partial charge in [0.1, 0.15) is 6.61 Å². The van der Waals surface area contributed by atoms with Crippen LogP contribution in [0.25, 0.3) is 0 Å². The topological polar surface area (TPSA) is 50.8 Å². The highest BCUT2D eigenvalue weighted by Crippen LogP contribution is 2.30. The molecular formula is C14H21ClN2O3. The molecule has 0 fully saturated rings. The van der Waals surface area contributed by atoms with Gasteiger partial charge >= 0.3 is 0 Å². The fraction of sp³-hybridized carbons (Fsp3) is 0.500. The second-order valence-corrected chi connectivity index (χ2v) is 4.46. The highest BCUT2D eigenvalue weighted by Gasteiger charge is 2.24. The standard InChI is InChI=1S/C14H20N2O3.ClH/c1-3-16(14(17)8-15-2)9-11-10-18-12-6-4-5-7-13(12)19-11;/h4-7,11,15H,3,8-10H2,1-2H3;1H. The van der Waals surface area contributed by atoms with Crippen molar-refractivity contribution in [2.75, 3.05) is 33.3 Å². The van der Waals surface area contributed by atoms with Gasteiger partial charge in [-0.3, -0.25) is 4.79 Å². The summed E-state index contributed by atoms with van der Waals surface area (Å²) in [6.45, 7) is 4.00. The zero-order valence-electron chi connectivity index (χ0n) is 11.8. The van der Waals surface area contributed by atoms with Crippen LogP contribution in [0.5, 0.6) is 11.5 Å². The lowest BCUT2D eigenvalue weighted by molar-refractivity contribution is -0.131. The SMILES string of the molecule is CCN(CC1COc2ccccc2O1)C(=O)CNC.Cl. The molecule has 0 saturated carbocycles. The second kappa shape index (κ2) is 7.97. The van der Waals surface area contributed by atoms with Crippen LogP contribution >= 0.6 is 12.4 Å². The Bertz CT molecular complexity index is 442. The number of carbonyl (C=O) groups excluding carboxylic acids is 1. The second-order valence-electron chi connectivity index (χ2n) is 4.46. The molecule has 0 saturated heterocycles. The Kier molecular flexibility index (Phi) is 6.61. The number of carbonyl (C=O) groups is 1. The number of benzene rings is 1. The molecule has 1 atom stereocenters. The van der Waals surface area contributed by atoms with Gasteiger partial charge in [0, 0.05) is 6.54 Å². The molecule has 1 aliphatic heterocycles. The van der Waals surface area contributed by atoms with Crippen molar-refractivity contribution < 1.29 is 14.3 Å². The van der Waals surface area contributed by atoms with E-state index in [0.717, 1.165) is 11.5 Å². The smallest absolute Gasteiger partial charge is 0.236 e. The predicted molar refractivity (Wildman–Crippen MR) is 79.8 cm³/mol. The molecule has 0 radical (unpaired) electrons. The van der Waals surface area contributed by atoms with E-state index < -0.39 is 0 Å². The molecule has 1 amide bonds. The van der Waals surface area contributed by atoms with Gasteiger partial charge < -0.3 is 19.7 Å². The highest BCUT2D eigenvalue weighted by molar-refractivity contribution is 5.85. The van der Waals surface area contributed by atoms with Gasteiger partial charge in [-0.25, -0.2) is 0 Å². The minimum Gasteiger partial charge on any atom is -0.486 e. The van der Waals surface area contributed by atoms with Gasteiger partial charge in [-0.05, 0) is 26.1 Å². The molecule has 5 nitrogen and oxygen atoms in total. The van der Waals surface area contributed by atoms with Gasteiger partial charge in [0.2, 0.25) is 5.91 Å². The van der Waals surface area contributed by atoms with Crippen LogP contribution in [0.1, 0.15) is 6.92 Å². The lowest BCUT2D eigenvalue weighted by Gasteiger charge is -2.30. The van der Waals surface area contributed by atoms with E-state index in [-0.39, 0.29) is 24.4 Å². The molecule has 1 aromatic rings. The van der Waals surface area contributed by atoms with E-state index in [1.54, 1.807) is 11.9 Å². The zero-order valence-corrected chi connectivity index (χ0v) is 12.6. The molecule has 112 valence electrons. The van der Waals surface area contributed by atoms with E-state index in [9.17, 15) is 4.79 Å². The van der Waals surface area contributed by atoms with Crippen molar-refractivity contribution >= 4 is 18.3 Å². The van der Waals surface area contributed by atoms with Crippen LogP contribution in [0.2, 0.25) is 0 Å². The number of amides is 1. The maximum Gasteiger partial charge on any atom is 0.236 e. The molecule has 0 aliphatic carbocycles. The third-order valence-corrected chi connectivity index (χ3v) is 3.05. The lowest BCUT2D eigenvalue weighted by Crippen LogP contribution is -2.45. The summed E-state index contributed by atoms with van der Waals surface area (Å²) in [6.07, 6.45) is -0.115. The number of halogens is 1. The molecule has 0 aromatic heterocycles. The average Bonchev–Trinajstić information content (AvgIpc) is 2.44. The highest BCUT2D eigenvalue weighted by atomic mass is 35.5. The van der Waals surface area contributed by atoms with E-state index in [1.807, 2.05) is 31.2 Å². The first-order chi connectivity index (χ1) is 9.24. The molecule has 20 heavy (non-hydrogen) atoms. The molecule has 6 heteroatoms. The summed E-state index contributed by atoms with van der Waals surface area (Å²) in [5.41, 5.74) is 0. The zero-order chi connectivity index (χ0) is 13.7. The number of hydrogen-bond acceptors (Lipinski definition) is 4. The largest absolute Gasteiger partial charge is 0.486 e. The molecule has 2 rings (SSSR count). The van der Waals surface area contributed by atoms with Crippen LogP contribution in [0.15, 0.2) is 24.3 Å². The van der Waals surface area contributed by atoms with E-state index >= 15 is 0 Å². The number of rotatable bonds is 5. The van der Waals surface area contributed by atoms with Crippen LogP contribution < -0.4 is 14.8 Å². The molecule has 1 N–H and O–H groups in total. The quantitative estimate of drug-likeness (QED) is 0.891. The number of fused-ring (bicyclic) bond motifs is 1. The van der Waals surface area contributed by atoms with E-state index in [0.29, 0.717) is 26.2 Å². The van der Waals surface area contributed by atoms with Gasteiger partial charge in [0.05, 0.1) is 13.1 Å². The van der Waals surface area contributed by atoms with Gasteiger partial charge in [-0.2, -0.15) is 0 Å². The first kappa shape index (κ1) is 16.6. The number of para-hydroxylation sites is 2. The number of nitrogens with zero attached hydrogens (tertiary/aromatic N) is 1. The molecule has 0 spiro atoms. The van der Waals surface area contributed by atoms with Crippen LogP contribution in [0.3, 0.4) is 0 Å². The fourth-order valence-electron chi connectivity index (χ4n) is 2.07. The Balaban J connectivity index is 0.00000200. The van der Waals surface area contributed by atoms with Crippen molar-refractivity contribution in [3.05, 3.63) is 24.3 Å². The summed E-state index contributed by atoms with van der Waals surface area (Å²) in [6, 6.07) is 7.59. The normalized spacial score (nSPS) is 16.2. The summed E-state index contributed by atoms with van der Waals surface area (Å²) >= 11 is 0. The maximum absolute atomic E-state index is 11.9. The summed E-state index contributed by atoms with van der Waals surface area (Å²) in [7, 11) is 1.77. The van der Waals surface area contributed by atoms with E-state index in [2.05, 4.69) is 5.32 Å². The molecule has 1 aromatic carbocycles. The number of nitrogens with one attached hydrogen (secondary N) is 1. The summed E-state index contributed by atoms with van der Waals surface area (Å²) in [4.78, 5) is 13.6. The van der Waals surface area contributed by atoms with Crippen molar-refractivity contribution in [3.8, 4) is 11.5 Å². The Morgan fingerprint density at radius 2 is 2.10 bits per heavy atom. The number of hydrogen-bond donors (Lipinski definition) is 1. The summed E-state index contributed by atoms with van der Waals surface area (Å²) in [5.74, 6) is 1.59. The number of likely N-dealkylation sites (N-methyl/N-ethyl adjacent to an activating group) is 2. The van der Waals surface area contributed by atoms with E-state index in [1.165, 1.54) is 0 Å². The monoisotopic (exact) mass is 300 g/mol. The van der Waals surface area contributed by atoms with Crippen LogP contribution in [-0.2, 0) is 4.79 Å². The third-order valence-electron chi connectivity index (χ3n) is 3.05. The van der Waals surface area contributed by atoms with Gasteiger partial charge in [0.15, 0.2) is 17.6 Å². The van der Waals surface area contributed by atoms with Gasteiger partial charge in [-0.15, -0.1) is 12.4 Å². The van der Waals surface area contributed by atoms with Crippen molar-refractivity contribution in [2.45, 2.75) is 13.0 Å². The average molecular weight is 301 g/mol. The molecule has 1 heterocycles. The predicted octanol–water partition coefficient (Wildman–Crippen LogP) is 1.32. The van der Waals surface area contributed by atoms with Crippen molar-refractivity contribution in [2.24, 2.45) is 0 Å². The Morgan fingerprint density at radius 1 is 1.40 bits per heavy atom. The first-order valence-electron chi connectivity index (χ1n) is 6.55. The molecule has 1 unspecified atom stereocenters. The van der Waals surface area contributed by atoms with Crippen LogP contribution in [0.4, 0.5) is 0 Å². The first-order valence-corrected chi connectivity index (χ1v) is 6.55. The van der Waals surface area contributed by atoms with Crippen molar-refractivity contribution in [1.82, 2.24) is 10.2 Å². The lowest BCUT2D eigenvalue weighted by atomic mass is 10.2. The van der Waals surface area contributed by atoms with Crippen LogP contribution in [0, 0.1) is 0 Å². The fourth-order valence-corrected chi connectivity index (χ4v) is 2.07. The minimum absolute atomic E-state index is 0. The van der Waals surface area contributed by atoms with Crippen LogP contribution in [-0.4, -0.2) is 50.2 Å². The van der Waals surface area contributed by atoms with Crippen molar-refractivity contribution in [3.63, 3.8) is 0 Å².